The molecule has 1 rings (SSSR count). The molecule has 0 aliphatic heterocycles. The van der Waals surface area contributed by atoms with Gasteiger partial charge >= 0.3 is 5.69 Å². The minimum absolute atomic E-state index is 0.0652. The second kappa shape index (κ2) is 2.78. The SMILES string of the molecule is NC(=S)c1c(N)[nH]c(=O)[nH]c1=O. The number of hydrogen-bond donors (Lipinski definition) is 4. The van der Waals surface area contributed by atoms with E-state index >= 15 is 0 Å². The number of nitrogen functional groups attached to an aromatic ring is 1. The van der Waals surface area contributed by atoms with E-state index in [1.54, 1.807) is 0 Å². The molecule has 0 fully saturated rings. The molecule has 0 aliphatic carbocycles. The lowest BCUT2D eigenvalue weighted by molar-refractivity contribution is 1.04. The molecule has 12 heavy (non-hydrogen) atoms. The quantitative estimate of drug-likeness (QED) is 0.389. The number of anilines is 1. The van der Waals surface area contributed by atoms with Gasteiger partial charge in [0.2, 0.25) is 0 Å². The topological polar surface area (TPSA) is 118 Å². The molecule has 6 nitrogen and oxygen atoms in total. The first-order valence-corrected chi connectivity index (χ1v) is 3.35. The van der Waals surface area contributed by atoms with Gasteiger partial charge in [0.1, 0.15) is 16.4 Å². The van der Waals surface area contributed by atoms with Crippen LogP contribution in [0.25, 0.3) is 0 Å². The lowest BCUT2D eigenvalue weighted by Gasteiger charge is -1.99. The lowest BCUT2D eigenvalue weighted by atomic mass is 10.3. The molecule has 1 aromatic rings. The summed E-state index contributed by atoms with van der Waals surface area (Å²) in [4.78, 5) is 25.5. The van der Waals surface area contributed by atoms with Crippen LogP contribution in [0.15, 0.2) is 9.59 Å². The van der Waals surface area contributed by atoms with E-state index in [1.165, 1.54) is 0 Å². The van der Waals surface area contributed by atoms with Crippen LogP contribution in [-0.4, -0.2) is 15.0 Å². The summed E-state index contributed by atoms with van der Waals surface area (Å²) < 4.78 is 0. The number of nitrogens with one attached hydrogen (secondary N) is 2. The van der Waals surface area contributed by atoms with Crippen molar-refractivity contribution in [3.63, 3.8) is 0 Å². The summed E-state index contributed by atoms with van der Waals surface area (Å²) in [7, 11) is 0. The predicted octanol–water partition coefficient (Wildman–Crippen LogP) is -1.72. The van der Waals surface area contributed by atoms with Crippen LogP contribution in [0.3, 0.4) is 0 Å². The zero-order valence-electron chi connectivity index (χ0n) is 5.88. The van der Waals surface area contributed by atoms with Crippen molar-refractivity contribution in [3.05, 3.63) is 26.4 Å². The predicted molar refractivity (Wildman–Crippen MR) is 48.0 cm³/mol. The van der Waals surface area contributed by atoms with Crippen LogP contribution < -0.4 is 22.7 Å². The highest BCUT2D eigenvalue weighted by atomic mass is 32.1. The summed E-state index contributed by atoms with van der Waals surface area (Å²) in [5.74, 6) is -0.115. The lowest BCUT2D eigenvalue weighted by Crippen LogP contribution is -2.32. The summed E-state index contributed by atoms with van der Waals surface area (Å²) in [5.41, 5.74) is 9.03. The van der Waals surface area contributed by atoms with E-state index in [9.17, 15) is 9.59 Å². The molecule has 1 heterocycles. The molecule has 0 aromatic carbocycles. The number of aromatic amines is 2. The fourth-order valence-electron chi connectivity index (χ4n) is 0.749. The van der Waals surface area contributed by atoms with E-state index in [1.807, 2.05) is 4.98 Å². The van der Waals surface area contributed by atoms with Crippen LogP contribution in [0.2, 0.25) is 0 Å². The number of rotatable bonds is 1. The normalized spacial score (nSPS) is 9.67. The van der Waals surface area contributed by atoms with Gasteiger partial charge in [-0.15, -0.1) is 0 Å². The van der Waals surface area contributed by atoms with Crippen molar-refractivity contribution in [2.75, 3.05) is 5.73 Å². The fraction of sp³-hybridized carbons (Fsp3) is 0. The van der Waals surface area contributed by atoms with Crippen molar-refractivity contribution in [1.82, 2.24) is 9.97 Å². The van der Waals surface area contributed by atoms with Gasteiger partial charge in [0.05, 0.1) is 0 Å². The largest absolute Gasteiger partial charge is 0.389 e. The molecule has 64 valence electrons. The number of thiocarbonyl (C=S) groups is 1. The van der Waals surface area contributed by atoms with Gasteiger partial charge in [-0.2, -0.15) is 0 Å². The van der Waals surface area contributed by atoms with E-state index in [4.69, 9.17) is 11.5 Å². The van der Waals surface area contributed by atoms with Crippen LogP contribution in [0.5, 0.6) is 0 Å². The molecule has 1 aromatic heterocycles. The smallest absolute Gasteiger partial charge is 0.327 e. The maximum Gasteiger partial charge on any atom is 0.327 e. The van der Waals surface area contributed by atoms with Crippen LogP contribution in [0.4, 0.5) is 5.82 Å². The van der Waals surface area contributed by atoms with Crippen molar-refractivity contribution < 1.29 is 0 Å². The van der Waals surface area contributed by atoms with Gasteiger partial charge < -0.3 is 11.5 Å². The fourth-order valence-corrected chi connectivity index (χ4v) is 0.951. The van der Waals surface area contributed by atoms with Crippen molar-refractivity contribution in [2.24, 2.45) is 5.73 Å². The molecular weight excluding hydrogens is 180 g/mol. The van der Waals surface area contributed by atoms with E-state index < -0.39 is 11.2 Å². The first-order chi connectivity index (χ1) is 5.52. The summed E-state index contributed by atoms with van der Waals surface area (Å²) in [6.45, 7) is 0. The van der Waals surface area contributed by atoms with Crippen molar-refractivity contribution in [2.45, 2.75) is 0 Å². The summed E-state index contributed by atoms with van der Waals surface area (Å²) >= 11 is 4.54. The molecule has 6 N–H and O–H groups in total. The Morgan fingerprint density at radius 3 is 2.33 bits per heavy atom. The zero-order valence-corrected chi connectivity index (χ0v) is 6.70. The Kier molecular flexibility index (Phi) is 1.96. The Bertz CT molecular complexity index is 432. The molecule has 0 amide bonds. The minimum Gasteiger partial charge on any atom is -0.389 e. The Hall–Kier alpha value is -1.63. The molecular formula is C5H6N4O2S. The maximum atomic E-state index is 11.0. The number of aromatic nitrogens is 2. The average molecular weight is 186 g/mol. The van der Waals surface area contributed by atoms with E-state index in [-0.39, 0.29) is 16.4 Å². The molecule has 0 spiro atoms. The van der Waals surface area contributed by atoms with Crippen LogP contribution in [-0.2, 0) is 0 Å². The van der Waals surface area contributed by atoms with Gasteiger partial charge in [-0.3, -0.25) is 14.8 Å². The Labute approximate surface area is 71.6 Å². The van der Waals surface area contributed by atoms with Crippen LogP contribution in [0, 0.1) is 0 Å². The van der Waals surface area contributed by atoms with E-state index in [0.717, 1.165) is 0 Å². The van der Waals surface area contributed by atoms with Gasteiger partial charge in [0, 0.05) is 0 Å². The molecule has 0 radical (unpaired) electrons. The van der Waals surface area contributed by atoms with Crippen molar-refractivity contribution in [1.29, 1.82) is 0 Å². The molecule has 0 bridgehead atoms. The standard InChI is InChI=1S/C5H6N4O2S/c6-2-1(3(7)12)4(10)9-5(11)8-2/h(H2,7,12)(H4,6,8,9,10,11). The number of hydrogen-bond acceptors (Lipinski definition) is 4. The molecule has 0 unspecified atom stereocenters. The van der Waals surface area contributed by atoms with Gasteiger partial charge in [-0.05, 0) is 0 Å². The third kappa shape index (κ3) is 1.35. The average Bonchev–Trinajstić information content (AvgIpc) is 1.82. The summed E-state index contributed by atoms with van der Waals surface area (Å²) in [6.07, 6.45) is 0. The highest BCUT2D eigenvalue weighted by molar-refractivity contribution is 7.80. The summed E-state index contributed by atoms with van der Waals surface area (Å²) in [5, 5.41) is 0. The number of nitrogens with two attached hydrogens (primary N) is 2. The third-order valence-electron chi connectivity index (χ3n) is 1.22. The molecule has 0 saturated heterocycles. The van der Waals surface area contributed by atoms with Gasteiger partial charge in [0.15, 0.2) is 0 Å². The van der Waals surface area contributed by atoms with Crippen LogP contribution in [0.1, 0.15) is 5.56 Å². The first-order valence-electron chi connectivity index (χ1n) is 2.94. The van der Waals surface area contributed by atoms with E-state index in [2.05, 4.69) is 17.2 Å². The zero-order chi connectivity index (χ0) is 9.30. The molecule has 0 atom stereocenters. The van der Waals surface area contributed by atoms with Gasteiger partial charge in [-0.25, -0.2) is 4.79 Å². The number of H-pyrrole nitrogens is 2. The molecule has 0 aliphatic rings. The second-order valence-corrected chi connectivity index (χ2v) is 2.50. The summed E-state index contributed by atoms with van der Waals surface area (Å²) in [6, 6.07) is 0. The van der Waals surface area contributed by atoms with Crippen molar-refractivity contribution >= 4 is 23.0 Å². The second-order valence-electron chi connectivity index (χ2n) is 2.06. The monoisotopic (exact) mass is 186 g/mol. The van der Waals surface area contributed by atoms with Crippen LogP contribution >= 0.6 is 12.2 Å². The van der Waals surface area contributed by atoms with Gasteiger partial charge in [0.25, 0.3) is 5.56 Å². The third-order valence-corrected chi connectivity index (χ3v) is 1.42. The maximum absolute atomic E-state index is 11.0. The van der Waals surface area contributed by atoms with E-state index in [0.29, 0.717) is 0 Å². The molecule has 0 saturated carbocycles. The Balaban J connectivity index is 3.60. The first kappa shape index (κ1) is 8.47. The highest BCUT2D eigenvalue weighted by Crippen LogP contribution is 1.96. The Morgan fingerprint density at radius 2 is 1.92 bits per heavy atom. The van der Waals surface area contributed by atoms with Gasteiger partial charge in [-0.1, -0.05) is 12.2 Å². The Morgan fingerprint density at radius 1 is 1.33 bits per heavy atom. The van der Waals surface area contributed by atoms with Crippen molar-refractivity contribution in [3.8, 4) is 0 Å². The minimum atomic E-state index is -0.683. The molecule has 7 heteroatoms. The highest BCUT2D eigenvalue weighted by Gasteiger charge is 2.08.